The summed E-state index contributed by atoms with van der Waals surface area (Å²) in [6, 6.07) is 2.85. The van der Waals surface area contributed by atoms with Crippen molar-refractivity contribution in [2.24, 2.45) is 5.73 Å². The molecule has 1 aromatic carbocycles. The number of halogens is 1. The van der Waals surface area contributed by atoms with Gasteiger partial charge in [0.1, 0.15) is 5.75 Å². The van der Waals surface area contributed by atoms with Gasteiger partial charge in [-0.25, -0.2) is 4.39 Å². The van der Waals surface area contributed by atoms with Gasteiger partial charge < -0.3 is 16.2 Å². The molecule has 1 aromatic rings. The minimum Gasteiger partial charge on any atom is -0.493 e. The molecule has 1 aliphatic heterocycles. The van der Waals surface area contributed by atoms with Gasteiger partial charge in [-0.3, -0.25) is 0 Å². The fraction of sp³-hybridized carbons (Fsp3) is 0.333. The maximum Gasteiger partial charge on any atom is 0.154 e. The summed E-state index contributed by atoms with van der Waals surface area (Å²) < 4.78 is 18.7. The number of hydrogen-bond donors (Lipinski definition) is 2. The van der Waals surface area contributed by atoms with Crippen molar-refractivity contribution in [1.29, 1.82) is 0 Å². The zero-order valence-corrected chi connectivity index (χ0v) is 7.09. The van der Waals surface area contributed by atoms with Crippen molar-refractivity contribution in [2.45, 2.75) is 12.5 Å². The molecule has 0 unspecified atom stereocenters. The van der Waals surface area contributed by atoms with Gasteiger partial charge in [-0.15, -0.1) is 0 Å². The summed E-state index contributed by atoms with van der Waals surface area (Å²) in [5.41, 5.74) is 11.7. The van der Waals surface area contributed by atoms with Crippen LogP contribution in [0.15, 0.2) is 12.1 Å². The van der Waals surface area contributed by atoms with Crippen LogP contribution in [0.3, 0.4) is 0 Å². The molecule has 70 valence electrons. The van der Waals surface area contributed by atoms with Crippen molar-refractivity contribution < 1.29 is 9.13 Å². The van der Waals surface area contributed by atoms with Crippen molar-refractivity contribution in [3.05, 3.63) is 23.5 Å². The molecule has 0 aromatic heterocycles. The standard InChI is InChI=1S/C9H11FN2O/c10-9-6(12)1-2-7-8(9)5(11)3-4-13-7/h1-2,5H,3-4,11-12H2/t5-/m1/s1. The van der Waals surface area contributed by atoms with Gasteiger partial charge in [-0.2, -0.15) is 0 Å². The molecule has 0 saturated carbocycles. The van der Waals surface area contributed by atoms with Crippen molar-refractivity contribution in [2.75, 3.05) is 12.3 Å². The first-order valence-electron chi connectivity index (χ1n) is 4.16. The molecule has 0 aliphatic carbocycles. The summed E-state index contributed by atoms with van der Waals surface area (Å²) in [5.74, 6) is 0.0788. The predicted octanol–water partition coefficient (Wildman–Crippen LogP) is 1.19. The van der Waals surface area contributed by atoms with Crippen molar-refractivity contribution in [1.82, 2.24) is 0 Å². The van der Waals surface area contributed by atoms with Gasteiger partial charge >= 0.3 is 0 Å². The fourth-order valence-electron chi connectivity index (χ4n) is 1.50. The van der Waals surface area contributed by atoms with Crippen LogP contribution >= 0.6 is 0 Å². The van der Waals surface area contributed by atoms with Gasteiger partial charge in [0.15, 0.2) is 5.82 Å². The van der Waals surface area contributed by atoms with Gasteiger partial charge in [0, 0.05) is 18.0 Å². The van der Waals surface area contributed by atoms with Crippen LogP contribution in [0.4, 0.5) is 10.1 Å². The highest BCUT2D eigenvalue weighted by Gasteiger charge is 2.23. The number of rotatable bonds is 0. The highest BCUT2D eigenvalue weighted by molar-refractivity contribution is 5.51. The molecule has 2 rings (SSSR count). The number of fused-ring (bicyclic) bond motifs is 1. The number of nitrogen functional groups attached to an aromatic ring is 1. The highest BCUT2D eigenvalue weighted by Crippen LogP contribution is 2.34. The van der Waals surface area contributed by atoms with E-state index >= 15 is 0 Å². The van der Waals surface area contributed by atoms with E-state index in [0.717, 1.165) is 0 Å². The molecule has 0 fully saturated rings. The number of anilines is 1. The zero-order valence-electron chi connectivity index (χ0n) is 7.09. The second-order valence-electron chi connectivity index (χ2n) is 3.12. The van der Waals surface area contributed by atoms with Gasteiger partial charge in [0.25, 0.3) is 0 Å². The SMILES string of the molecule is Nc1ccc2c(c1F)[C@H](N)CCO2. The summed E-state index contributed by atoms with van der Waals surface area (Å²) in [4.78, 5) is 0. The van der Waals surface area contributed by atoms with E-state index in [0.29, 0.717) is 24.3 Å². The first-order valence-corrected chi connectivity index (χ1v) is 4.16. The monoisotopic (exact) mass is 182 g/mol. The summed E-state index contributed by atoms with van der Waals surface area (Å²) in [5, 5.41) is 0. The zero-order chi connectivity index (χ0) is 9.42. The van der Waals surface area contributed by atoms with Crippen LogP contribution in [0, 0.1) is 5.82 Å². The van der Waals surface area contributed by atoms with E-state index < -0.39 is 5.82 Å². The van der Waals surface area contributed by atoms with Crippen LogP contribution in [-0.2, 0) is 0 Å². The van der Waals surface area contributed by atoms with Crippen LogP contribution in [0.1, 0.15) is 18.0 Å². The lowest BCUT2D eigenvalue weighted by molar-refractivity contribution is 0.264. The van der Waals surface area contributed by atoms with Crippen molar-refractivity contribution >= 4 is 5.69 Å². The topological polar surface area (TPSA) is 61.3 Å². The van der Waals surface area contributed by atoms with Crippen LogP contribution in [0.25, 0.3) is 0 Å². The fourth-order valence-corrected chi connectivity index (χ4v) is 1.50. The molecule has 1 atom stereocenters. The Kier molecular flexibility index (Phi) is 1.84. The third-order valence-electron chi connectivity index (χ3n) is 2.23. The summed E-state index contributed by atoms with van der Waals surface area (Å²) >= 11 is 0. The Hall–Kier alpha value is -1.29. The van der Waals surface area contributed by atoms with E-state index in [1.807, 2.05) is 0 Å². The first-order chi connectivity index (χ1) is 6.20. The molecule has 13 heavy (non-hydrogen) atoms. The second-order valence-corrected chi connectivity index (χ2v) is 3.12. The van der Waals surface area contributed by atoms with Gasteiger partial charge in [-0.05, 0) is 12.1 Å². The molecule has 1 heterocycles. The quantitative estimate of drug-likeness (QED) is 0.592. The molecule has 0 saturated heterocycles. The molecule has 0 amide bonds. The third kappa shape index (κ3) is 1.23. The normalized spacial score (nSPS) is 20.6. The minimum atomic E-state index is -0.440. The molecule has 4 N–H and O–H groups in total. The van der Waals surface area contributed by atoms with Gasteiger partial charge in [0.05, 0.1) is 12.3 Å². The number of benzene rings is 1. The van der Waals surface area contributed by atoms with Crippen LogP contribution in [0.5, 0.6) is 5.75 Å². The number of ether oxygens (including phenoxy) is 1. The third-order valence-corrected chi connectivity index (χ3v) is 2.23. The highest BCUT2D eigenvalue weighted by atomic mass is 19.1. The number of hydrogen-bond acceptors (Lipinski definition) is 3. The molecule has 0 radical (unpaired) electrons. The molecule has 1 aliphatic rings. The Bertz CT molecular complexity index is 341. The molecule has 0 bridgehead atoms. The Morgan fingerprint density at radius 3 is 3.00 bits per heavy atom. The average molecular weight is 182 g/mol. The summed E-state index contributed by atoms with van der Waals surface area (Å²) in [6.45, 7) is 0.539. The Balaban J connectivity index is 2.58. The largest absolute Gasteiger partial charge is 0.493 e. The van der Waals surface area contributed by atoms with E-state index in [1.54, 1.807) is 6.07 Å². The van der Waals surface area contributed by atoms with Gasteiger partial charge in [0.2, 0.25) is 0 Å². The summed E-state index contributed by atoms with van der Waals surface area (Å²) in [6.07, 6.45) is 0.632. The van der Waals surface area contributed by atoms with E-state index in [4.69, 9.17) is 16.2 Å². The number of nitrogens with two attached hydrogens (primary N) is 2. The van der Waals surface area contributed by atoms with Crippen molar-refractivity contribution in [3.63, 3.8) is 0 Å². The Labute approximate surface area is 75.5 Å². The molecular formula is C9H11FN2O. The molecule has 3 nitrogen and oxygen atoms in total. The van der Waals surface area contributed by atoms with Gasteiger partial charge in [-0.1, -0.05) is 0 Å². The maximum absolute atomic E-state index is 13.4. The minimum absolute atomic E-state index is 0.125. The first kappa shape index (κ1) is 8.31. The maximum atomic E-state index is 13.4. The van der Waals surface area contributed by atoms with E-state index in [2.05, 4.69) is 0 Å². The second kappa shape index (κ2) is 2.88. The van der Waals surface area contributed by atoms with Crippen LogP contribution in [0.2, 0.25) is 0 Å². The van der Waals surface area contributed by atoms with Crippen LogP contribution < -0.4 is 16.2 Å². The van der Waals surface area contributed by atoms with Crippen molar-refractivity contribution in [3.8, 4) is 5.75 Å². The van der Waals surface area contributed by atoms with E-state index in [1.165, 1.54) is 6.07 Å². The smallest absolute Gasteiger partial charge is 0.154 e. The lowest BCUT2D eigenvalue weighted by atomic mass is 10.0. The Morgan fingerprint density at radius 2 is 2.23 bits per heavy atom. The molecule has 4 heteroatoms. The predicted molar refractivity (Wildman–Crippen MR) is 47.9 cm³/mol. The summed E-state index contributed by atoms with van der Waals surface area (Å²) in [7, 11) is 0. The molecule has 0 spiro atoms. The molecular weight excluding hydrogens is 171 g/mol. The van der Waals surface area contributed by atoms with E-state index in [-0.39, 0.29) is 11.7 Å². The Morgan fingerprint density at radius 1 is 1.46 bits per heavy atom. The van der Waals surface area contributed by atoms with Crippen LogP contribution in [-0.4, -0.2) is 6.61 Å². The van der Waals surface area contributed by atoms with E-state index in [9.17, 15) is 4.39 Å². The average Bonchev–Trinajstić information content (AvgIpc) is 2.12. The lowest BCUT2D eigenvalue weighted by Gasteiger charge is -2.23. The lowest BCUT2D eigenvalue weighted by Crippen LogP contribution is -2.22.